The number of amides is 1. The molecule has 0 fully saturated rings. The van der Waals surface area contributed by atoms with E-state index < -0.39 is 0 Å². The summed E-state index contributed by atoms with van der Waals surface area (Å²) in [6, 6.07) is 5.90. The number of aryl methyl sites for hydroxylation is 1. The van der Waals surface area contributed by atoms with Crippen LogP contribution in [0.4, 0.5) is 5.82 Å². The maximum Gasteiger partial charge on any atom is 0.235 e. The Morgan fingerprint density at radius 2 is 2.53 bits per heavy atom. The van der Waals surface area contributed by atoms with E-state index in [0.717, 1.165) is 11.4 Å². The summed E-state index contributed by atoms with van der Waals surface area (Å²) in [7, 11) is 0. The summed E-state index contributed by atoms with van der Waals surface area (Å²) in [6.07, 6.45) is 0. The number of anilines is 1. The molecule has 0 spiro atoms. The highest BCUT2D eigenvalue weighted by Gasteiger charge is 2.05. The minimum atomic E-state index is -0.0157. The molecule has 2 N–H and O–H groups in total. The third-order valence-electron chi connectivity index (χ3n) is 2.03. The zero-order chi connectivity index (χ0) is 12.1. The summed E-state index contributed by atoms with van der Waals surface area (Å²) in [4.78, 5) is 12.9. The molecule has 0 aliphatic heterocycles. The molecule has 2 aromatic rings. The molecular formula is C11H13N3OS2. The molecule has 2 aromatic heterocycles. The highest BCUT2D eigenvalue weighted by molar-refractivity contribution is 7.99. The van der Waals surface area contributed by atoms with Crippen LogP contribution in [0.3, 0.4) is 0 Å². The number of hydrogen-bond donors (Lipinski definition) is 2. The van der Waals surface area contributed by atoms with Gasteiger partial charge in [-0.25, -0.2) is 0 Å². The molecular weight excluding hydrogens is 254 g/mol. The fourth-order valence-corrected chi connectivity index (χ4v) is 2.97. The van der Waals surface area contributed by atoms with Gasteiger partial charge in [0.05, 0.1) is 5.75 Å². The van der Waals surface area contributed by atoms with Crippen molar-refractivity contribution < 1.29 is 4.79 Å². The van der Waals surface area contributed by atoms with Crippen LogP contribution in [0.25, 0.3) is 0 Å². The van der Waals surface area contributed by atoms with Crippen LogP contribution in [0.5, 0.6) is 0 Å². The lowest BCUT2D eigenvalue weighted by atomic mass is 10.5. The lowest BCUT2D eigenvalue weighted by molar-refractivity contribution is -0.113. The minimum Gasteiger partial charge on any atom is -0.308 e. The molecule has 2 heterocycles. The first-order chi connectivity index (χ1) is 8.24. The fraction of sp³-hybridized carbons (Fsp3) is 0.273. The number of nitrogens with zero attached hydrogens (tertiary/aromatic N) is 1. The van der Waals surface area contributed by atoms with Gasteiger partial charge in [-0.05, 0) is 18.4 Å². The van der Waals surface area contributed by atoms with Gasteiger partial charge in [-0.15, -0.1) is 23.1 Å². The van der Waals surface area contributed by atoms with Crippen LogP contribution in [0.2, 0.25) is 0 Å². The molecule has 0 aliphatic rings. The topological polar surface area (TPSA) is 57.8 Å². The average molecular weight is 267 g/mol. The lowest BCUT2D eigenvalue weighted by Crippen LogP contribution is -2.14. The molecule has 0 saturated carbocycles. The number of aromatic nitrogens is 2. The quantitative estimate of drug-likeness (QED) is 0.875. The zero-order valence-corrected chi connectivity index (χ0v) is 11.0. The summed E-state index contributed by atoms with van der Waals surface area (Å²) in [5.41, 5.74) is 0.937. The minimum absolute atomic E-state index is 0.0157. The second kappa shape index (κ2) is 5.88. The number of thioether (sulfide) groups is 1. The Hall–Kier alpha value is -1.27. The molecule has 6 heteroatoms. The summed E-state index contributed by atoms with van der Waals surface area (Å²) in [5.74, 6) is 1.90. The Morgan fingerprint density at radius 3 is 3.18 bits per heavy atom. The van der Waals surface area contributed by atoms with Crippen molar-refractivity contribution in [3.63, 3.8) is 0 Å². The molecule has 0 bridgehead atoms. The molecule has 0 atom stereocenters. The van der Waals surface area contributed by atoms with E-state index >= 15 is 0 Å². The Balaban J connectivity index is 1.71. The van der Waals surface area contributed by atoms with Gasteiger partial charge in [0.2, 0.25) is 5.91 Å². The van der Waals surface area contributed by atoms with Gasteiger partial charge in [-0.3, -0.25) is 9.89 Å². The van der Waals surface area contributed by atoms with Crippen LogP contribution in [0.15, 0.2) is 23.6 Å². The Labute approximate surface area is 108 Å². The standard InChI is InChI=1S/C11H13N3OS2/c1-8-5-10(14-13-8)12-11(15)7-16-6-9-3-2-4-17-9/h2-5H,6-7H2,1H3,(H2,12,13,14,15). The van der Waals surface area contributed by atoms with E-state index in [1.165, 1.54) is 4.88 Å². The fourth-order valence-electron chi connectivity index (χ4n) is 1.30. The first kappa shape index (κ1) is 12.2. The molecule has 0 aliphatic carbocycles. The van der Waals surface area contributed by atoms with Crippen molar-refractivity contribution >= 4 is 34.8 Å². The van der Waals surface area contributed by atoms with Gasteiger partial charge in [-0.1, -0.05) is 6.07 Å². The zero-order valence-electron chi connectivity index (χ0n) is 9.40. The molecule has 90 valence electrons. The van der Waals surface area contributed by atoms with Crippen LogP contribution < -0.4 is 5.32 Å². The van der Waals surface area contributed by atoms with Gasteiger partial charge in [0, 0.05) is 22.4 Å². The average Bonchev–Trinajstić information content (AvgIpc) is 2.90. The SMILES string of the molecule is Cc1cc(NC(=O)CSCc2cccs2)n[nH]1. The van der Waals surface area contributed by atoms with Crippen LogP contribution in [-0.4, -0.2) is 21.9 Å². The summed E-state index contributed by atoms with van der Waals surface area (Å²) >= 11 is 3.32. The normalized spacial score (nSPS) is 10.4. The molecule has 0 saturated heterocycles. The molecule has 2 rings (SSSR count). The van der Waals surface area contributed by atoms with E-state index in [1.807, 2.05) is 24.4 Å². The number of rotatable bonds is 5. The monoisotopic (exact) mass is 267 g/mol. The number of H-pyrrole nitrogens is 1. The number of carbonyl (C=O) groups excluding carboxylic acids is 1. The van der Waals surface area contributed by atoms with Crippen molar-refractivity contribution in [2.24, 2.45) is 0 Å². The van der Waals surface area contributed by atoms with Crippen molar-refractivity contribution in [1.29, 1.82) is 0 Å². The van der Waals surface area contributed by atoms with Crippen molar-refractivity contribution in [1.82, 2.24) is 10.2 Å². The second-order valence-corrected chi connectivity index (χ2v) is 5.57. The molecule has 1 amide bonds. The van der Waals surface area contributed by atoms with E-state index in [1.54, 1.807) is 23.1 Å². The number of hydrogen-bond acceptors (Lipinski definition) is 4. The van der Waals surface area contributed by atoms with Gasteiger partial charge in [0.15, 0.2) is 5.82 Å². The van der Waals surface area contributed by atoms with Crippen molar-refractivity contribution in [2.45, 2.75) is 12.7 Å². The molecule has 4 nitrogen and oxygen atoms in total. The van der Waals surface area contributed by atoms with Crippen LogP contribution in [0, 0.1) is 6.92 Å². The molecule has 0 aromatic carbocycles. The Kier molecular flexibility index (Phi) is 4.22. The van der Waals surface area contributed by atoms with Crippen LogP contribution in [0.1, 0.15) is 10.6 Å². The smallest absolute Gasteiger partial charge is 0.235 e. The number of nitrogens with one attached hydrogen (secondary N) is 2. The van der Waals surface area contributed by atoms with E-state index in [2.05, 4.69) is 21.6 Å². The van der Waals surface area contributed by atoms with Crippen molar-refractivity contribution in [3.8, 4) is 0 Å². The Morgan fingerprint density at radius 1 is 1.65 bits per heavy atom. The number of aromatic amines is 1. The molecule has 0 unspecified atom stereocenters. The lowest BCUT2D eigenvalue weighted by Gasteiger charge is -2.00. The van der Waals surface area contributed by atoms with Crippen LogP contribution >= 0.6 is 23.1 Å². The first-order valence-corrected chi connectivity index (χ1v) is 7.19. The van der Waals surface area contributed by atoms with Gasteiger partial charge in [0.25, 0.3) is 0 Å². The first-order valence-electron chi connectivity index (χ1n) is 5.16. The van der Waals surface area contributed by atoms with Gasteiger partial charge in [-0.2, -0.15) is 5.10 Å². The van der Waals surface area contributed by atoms with E-state index in [-0.39, 0.29) is 5.91 Å². The largest absolute Gasteiger partial charge is 0.308 e. The van der Waals surface area contributed by atoms with E-state index in [4.69, 9.17) is 0 Å². The van der Waals surface area contributed by atoms with Gasteiger partial charge < -0.3 is 5.32 Å². The number of thiophene rings is 1. The second-order valence-electron chi connectivity index (χ2n) is 3.56. The molecule has 17 heavy (non-hydrogen) atoms. The highest BCUT2D eigenvalue weighted by Crippen LogP contribution is 2.17. The van der Waals surface area contributed by atoms with Crippen molar-refractivity contribution in [3.05, 3.63) is 34.2 Å². The third kappa shape index (κ3) is 3.90. The predicted molar refractivity (Wildman–Crippen MR) is 72.4 cm³/mol. The van der Waals surface area contributed by atoms with E-state index in [9.17, 15) is 4.79 Å². The summed E-state index contributed by atoms with van der Waals surface area (Å²) < 4.78 is 0. The Bertz CT molecular complexity index is 479. The summed E-state index contributed by atoms with van der Waals surface area (Å²) in [6.45, 7) is 1.90. The van der Waals surface area contributed by atoms with Crippen LogP contribution in [-0.2, 0) is 10.5 Å². The van der Waals surface area contributed by atoms with Gasteiger partial charge >= 0.3 is 0 Å². The predicted octanol–water partition coefficient (Wildman–Crippen LogP) is 2.65. The van der Waals surface area contributed by atoms with Crippen molar-refractivity contribution in [2.75, 3.05) is 11.1 Å². The summed E-state index contributed by atoms with van der Waals surface area (Å²) in [5, 5.41) is 11.5. The highest BCUT2D eigenvalue weighted by atomic mass is 32.2. The molecule has 0 radical (unpaired) electrons. The maximum absolute atomic E-state index is 11.6. The maximum atomic E-state index is 11.6. The van der Waals surface area contributed by atoms with Gasteiger partial charge in [0.1, 0.15) is 0 Å². The third-order valence-corrected chi connectivity index (χ3v) is 4.07. The van der Waals surface area contributed by atoms with E-state index in [0.29, 0.717) is 11.6 Å². The number of carbonyl (C=O) groups is 1.